The van der Waals surface area contributed by atoms with E-state index in [0.717, 1.165) is 12.8 Å². The van der Waals surface area contributed by atoms with Crippen molar-refractivity contribution in [2.24, 2.45) is 11.7 Å². The largest absolute Gasteiger partial charge is 0.343 e. The Morgan fingerprint density at radius 3 is 2.92 bits per heavy atom. The van der Waals surface area contributed by atoms with Gasteiger partial charge in [-0.1, -0.05) is 6.92 Å². The number of nitriles is 1. The Bertz CT molecular complexity index is 174. The number of amides is 1. The van der Waals surface area contributed by atoms with E-state index in [4.69, 9.17) is 11.0 Å². The van der Waals surface area contributed by atoms with Gasteiger partial charge >= 0.3 is 0 Å². The predicted molar refractivity (Wildman–Crippen MR) is 46.1 cm³/mol. The molecule has 0 spiro atoms. The smallest absolute Gasteiger partial charge is 0.223 e. The topological polar surface area (TPSA) is 78.9 Å². The molecular formula is C8H15N3O. The van der Waals surface area contributed by atoms with Crippen LogP contribution in [0.2, 0.25) is 0 Å². The van der Waals surface area contributed by atoms with E-state index in [1.54, 1.807) is 0 Å². The highest BCUT2D eigenvalue weighted by molar-refractivity contribution is 5.78. The summed E-state index contributed by atoms with van der Waals surface area (Å²) in [6.45, 7) is 2.53. The van der Waals surface area contributed by atoms with E-state index >= 15 is 0 Å². The van der Waals surface area contributed by atoms with Crippen molar-refractivity contribution in [1.29, 1.82) is 5.26 Å². The van der Waals surface area contributed by atoms with Gasteiger partial charge in [0.1, 0.15) is 6.54 Å². The van der Waals surface area contributed by atoms with Crippen molar-refractivity contribution >= 4 is 5.91 Å². The van der Waals surface area contributed by atoms with Gasteiger partial charge in [0, 0.05) is 5.92 Å². The summed E-state index contributed by atoms with van der Waals surface area (Å²) in [6.07, 6.45) is 1.63. The lowest BCUT2D eigenvalue weighted by Gasteiger charge is -2.08. The third-order valence-electron chi connectivity index (χ3n) is 1.63. The highest BCUT2D eigenvalue weighted by Crippen LogP contribution is 2.03. The molecule has 0 fully saturated rings. The van der Waals surface area contributed by atoms with Crippen LogP contribution in [0.1, 0.15) is 19.8 Å². The van der Waals surface area contributed by atoms with Gasteiger partial charge in [-0.15, -0.1) is 0 Å². The summed E-state index contributed by atoms with van der Waals surface area (Å²) in [7, 11) is 0. The minimum atomic E-state index is -0.0648. The molecule has 0 rings (SSSR count). The zero-order valence-corrected chi connectivity index (χ0v) is 7.34. The van der Waals surface area contributed by atoms with Crippen LogP contribution in [-0.4, -0.2) is 19.0 Å². The van der Waals surface area contributed by atoms with Gasteiger partial charge in [0.15, 0.2) is 0 Å². The monoisotopic (exact) mass is 169 g/mol. The van der Waals surface area contributed by atoms with Gasteiger partial charge < -0.3 is 11.1 Å². The lowest BCUT2D eigenvalue weighted by molar-refractivity contribution is -0.124. The van der Waals surface area contributed by atoms with Crippen LogP contribution in [0.15, 0.2) is 0 Å². The molecule has 68 valence electrons. The maximum Gasteiger partial charge on any atom is 0.223 e. The fraction of sp³-hybridized carbons (Fsp3) is 0.750. The third kappa shape index (κ3) is 4.69. The second kappa shape index (κ2) is 6.62. The molecule has 12 heavy (non-hydrogen) atoms. The van der Waals surface area contributed by atoms with Crippen molar-refractivity contribution in [3.63, 3.8) is 0 Å². The fourth-order valence-electron chi connectivity index (χ4n) is 0.856. The van der Waals surface area contributed by atoms with Gasteiger partial charge in [-0.05, 0) is 19.4 Å². The molecule has 0 aliphatic heterocycles. The number of nitrogens with one attached hydrogen (secondary N) is 1. The van der Waals surface area contributed by atoms with E-state index in [1.807, 2.05) is 13.0 Å². The van der Waals surface area contributed by atoms with Crippen molar-refractivity contribution in [3.8, 4) is 6.07 Å². The van der Waals surface area contributed by atoms with Crippen LogP contribution in [0.3, 0.4) is 0 Å². The molecule has 0 radical (unpaired) electrons. The minimum Gasteiger partial charge on any atom is -0.343 e. The Labute approximate surface area is 72.7 Å². The first-order chi connectivity index (χ1) is 5.72. The molecule has 0 heterocycles. The SMILES string of the molecule is CC(CCCN)C(=O)NCC#N. The first-order valence-corrected chi connectivity index (χ1v) is 4.07. The maximum absolute atomic E-state index is 11.1. The second-order valence-corrected chi connectivity index (χ2v) is 2.71. The quantitative estimate of drug-likeness (QED) is 0.568. The molecule has 0 aromatic rings. The molecule has 0 aromatic heterocycles. The molecule has 0 bridgehead atoms. The van der Waals surface area contributed by atoms with Gasteiger partial charge in [-0.25, -0.2) is 0 Å². The van der Waals surface area contributed by atoms with Gasteiger partial charge in [-0.3, -0.25) is 4.79 Å². The average molecular weight is 169 g/mol. The fourth-order valence-corrected chi connectivity index (χ4v) is 0.856. The first-order valence-electron chi connectivity index (χ1n) is 4.07. The number of rotatable bonds is 5. The van der Waals surface area contributed by atoms with E-state index in [0.29, 0.717) is 6.54 Å². The summed E-state index contributed by atoms with van der Waals surface area (Å²) in [5.74, 6) is -0.105. The number of nitrogens with zero attached hydrogens (tertiary/aromatic N) is 1. The maximum atomic E-state index is 11.1. The summed E-state index contributed by atoms with van der Waals surface area (Å²) in [4.78, 5) is 11.1. The van der Waals surface area contributed by atoms with Gasteiger partial charge in [0.05, 0.1) is 6.07 Å². The van der Waals surface area contributed by atoms with Crippen molar-refractivity contribution in [2.45, 2.75) is 19.8 Å². The number of carbonyl (C=O) groups is 1. The molecule has 1 amide bonds. The summed E-state index contributed by atoms with van der Waals surface area (Å²) in [6, 6.07) is 1.85. The van der Waals surface area contributed by atoms with Crippen LogP contribution in [0.25, 0.3) is 0 Å². The number of hydrogen-bond acceptors (Lipinski definition) is 3. The van der Waals surface area contributed by atoms with E-state index in [1.165, 1.54) is 0 Å². The van der Waals surface area contributed by atoms with E-state index in [9.17, 15) is 4.79 Å². The summed E-state index contributed by atoms with van der Waals surface area (Å²) in [5, 5.41) is 10.7. The molecule has 3 N–H and O–H groups in total. The van der Waals surface area contributed by atoms with Crippen molar-refractivity contribution < 1.29 is 4.79 Å². The normalized spacial score (nSPS) is 11.8. The molecule has 0 saturated heterocycles. The van der Waals surface area contributed by atoms with Gasteiger partial charge in [-0.2, -0.15) is 5.26 Å². The van der Waals surface area contributed by atoms with Crippen molar-refractivity contribution in [2.75, 3.05) is 13.1 Å². The lowest BCUT2D eigenvalue weighted by atomic mass is 10.1. The molecule has 1 unspecified atom stereocenters. The molecule has 4 heteroatoms. The molecular weight excluding hydrogens is 154 g/mol. The molecule has 0 aliphatic rings. The Balaban J connectivity index is 3.55. The van der Waals surface area contributed by atoms with E-state index < -0.39 is 0 Å². The van der Waals surface area contributed by atoms with Crippen LogP contribution in [0, 0.1) is 17.2 Å². The Hall–Kier alpha value is -1.08. The molecule has 0 aliphatic carbocycles. The molecule has 0 aromatic carbocycles. The Kier molecular flexibility index (Phi) is 6.02. The minimum absolute atomic E-state index is 0.0399. The van der Waals surface area contributed by atoms with Crippen LogP contribution >= 0.6 is 0 Å². The van der Waals surface area contributed by atoms with Crippen molar-refractivity contribution in [1.82, 2.24) is 5.32 Å². The van der Waals surface area contributed by atoms with Crippen LogP contribution in [0.5, 0.6) is 0 Å². The summed E-state index contributed by atoms with van der Waals surface area (Å²) >= 11 is 0. The molecule has 4 nitrogen and oxygen atoms in total. The van der Waals surface area contributed by atoms with Crippen LogP contribution in [0.4, 0.5) is 0 Å². The molecule has 1 atom stereocenters. The summed E-state index contributed by atoms with van der Waals surface area (Å²) < 4.78 is 0. The highest BCUT2D eigenvalue weighted by Gasteiger charge is 2.10. The summed E-state index contributed by atoms with van der Waals surface area (Å²) in [5.41, 5.74) is 5.29. The number of nitrogens with two attached hydrogens (primary N) is 1. The third-order valence-corrected chi connectivity index (χ3v) is 1.63. The second-order valence-electron chi connectivity index (χ2n) is 2.71. The Morgan fingerprint density at radius 2 is 2.42 bits per heavy atom. The van der Waals surface area contributed by atoms with E-state index in [-0.39, 0.29) is 18.4 Å². The standard InChI is InChI=1S/C8H15N3O/c1-7(3-2-4-9)8(12)11-6-5-10/h7H,2-4,6,9H2,1H3,(H,11,12). The first kappa shape index (κ1) is 10.9. The van der Waals surface area contributed by atoms with Crippen LogP contribution in [-0.2, 0) is 4.79 Å². The zero-order valence-electron chi connectivity index (χ0n) is 7.34. The van der Waals surface area contributed by atoms with Gasteiger partial charge in [0.25, 0.3) is 0 Å². The highest BCUT2D eigenvalue weighted by atomic mass is 16.1. The Morgan fingerprint density at radius 1 is 1.75 bits per heavy atom. The van der Waals surface area contributed by atoms with E-state index in [2.05, 4.69) is 5.32 Å². The zero-order chi connectivity index (χ0) is 9.40. The average Bonchev–Trinajstić information content (AvgIpc) is 2.10. The van der Waals surface area contributed by atoms with Gasteiger partial charge in [0.2, 0.25) is 5.91 Å². The predicted octanol–water partition coefficient (Wildman–Crippen LogP) is 0.00118. The number of hydrogen-bond donors (Lipinski definition) is 2. The molecule has 0 saturated carbocycles. The number of carbonyl (C=O) groups excluding carboxylic acids is 1. The van der Waals surface area contributed by atoms with Crippen molar-refractivity contribution in [3.05, 3.63) is 0 Å². The van der Waals surface area contributed by atoms with Crippen LogP contribution < -0.4 is 11.1 Å². The lowest BCUT2D eigenvalue weighted by Crippen LogP contribution is -2.29.